The molecular weight excluding hydrogens is 500 g/mol. The number of thiophene rings is 2. The third-order valence-corrected chi connectivity index (χ3v) is 8.74. The number of benzene rings is 1. The molecule has 0 aliphatic heterocycles. The Labute approximate surface area is 218 Å². The second kappa shape index (κ2) is 13.2. The van der Waals surface area contributed by atoms with Crippen molar-refractivity contribution in [1.82, 2.24) is 0 Å². The number of hydrogen-bond acceptors (Lipinski definition) is 2. The van der Waals surface area contributed by atoms with Gasteiger partial charge in [-0.2, -0.15) is 0 Å². The fourth-order valence-corrected chi connectivity index (χ4v) is 6.43. The van der Waals surface area contributed by atoms with Crippen molar-refractivity contribution in [2.24, 2.45) is 0 Å². The Kier molecular flexibility index (Phi) is 9.76. The van der Waals surface area contributed by atoms with E-state index in [1.807, 2.05) is 12.1 Å². The first-order valence-electron chi connectivity index (χ1n) is 12.6. The summed E-state index contributed by atoms with van der Waals surface area (Å²) in [7, 11) is 0. The van der Waals surface area contributed by atoms with E-state index < -0.39 is 23.3 Å². The molecule has 0 nitrogen and oxygen atoms in total. The lowest BCUT2D eigenvalue weighted by Gasteiger charge is -2.02. The molecule has 0 unspecified atom stereocenters. The van der Waals surface area contributed by atoms with Crippen molar-refractivity contribution in [3.63, 3.8) is 0 Å². The van der Waals surface area contributed by atoms with E-state index in [4.69, 9.17) is 0 Å². The van der Waals surface area contributed by atoms with Crippen LogP contribution in [0.3, 0.4) is 0 Å². The second-order valence-corrected chi connectivity index (χ2v) is 11.4. The second-order valence-electron chi connectivity index (χ2n) is 9.11. The molecule has 0 saturated carbocycles. The Morgan fingerprint density at radius 1 is 0.611 bits per heavy atom. The highest BCUT2D eigenvalue weighted by Crippen LogP contribution is 2.32. The van der Waals surface area contributed by atoms with Crippen LogP contribution in [0.2, 0.25) is 0 Å². The lowest BCUT2D eigenvalue weighted by molar-refractivity contribution is 0.509. The van der Waals surface area contributed by atoms with Crippen LogP contribution in [0.5, 0.6) is 0 Å². The summed E-state index contributed by atoms with van der Waals surface area (Å²) >= 11 is 3.33. The van der Waals surface area contributed by atoms with E-state index in [2.05, 4.69) is 12.1 Å². The lowest BCUT2D eigenvalue weighted by Crippen LogP contribution is -1.85. The molecule has 0 bridgehead atoms. The van der Waals surface area contributed by atoms with Crippen LogP contribution in [-0.2, 0) is 12.8 Å². The Morgan fingerprint density at radius 3 is 1.89 bits per heavy atom. The van der Waals surface area contributed by atoms with Gasteiger partial charge in [0.25, 0.3) is 0 Å². The van der Waals surface area contributed by atoms with Crippen molar-refractivity contribution in [2.45, 2.75) is 64.2 Å². The first-order chi connectivity index (χ1) is 17.5. The molecule has 0 amide bonds. The van der Waals surface area contributed by atoms with Crippen LogP contribution in [0.1, 0.15) is 66.0 Å². The van der Waals surface area contributed by atoms with Gasteiger partial charge in [-0.25, -0.2) is 17.6 Å². The van der Waals surface area contributed by atoms with Gasteiger partial charge in [-0.3, -0.25) is 0 Å². The predicted octanol–water partition coefficient (Wildman–Crippen LogP) is 10.8. The molecule has 1 aliphatic rings. The molecule has 0 saturated heterocycles. The van der Waals surface area contributed by atoms with E-state index in [-0.39, 0.29) is 0 Å². The predicted molar refractivity (Wildman–Crippen MR) is 145 cm³/mol. The van der Waals surface area contributed by atoms with E-state index in [9.17, 15) is 17.6 Å². The van der Waals surface area contributed by atoms with Gasteiger partial charge in [-0.05, 0) is 91.8 Å². The van der Waals surface area contributed by atoms with Gasteiger partial charge in [0.1, 0.15) is 0 Å². The molecule has 190 valence electrons. The highest BCUT2D eigenvalue weighted by Gasteiger charge is 2.11. The van der Waals surface area contributed by atoms with E-state index in [0.717, 1.165) is 46.6 Å². The van der Waals surface area contributed by atoms with Crippen LogP contribution >= 0.6 is 22.7 Å². The first kappa shape index (κ1) is 26.6. The van der Waals surface area contributed by atoms with Gasteiger partial charge in [-0.1, -0.05) is 44.2 Å². The van der Waals surface area contributed by atoms with Gasteiger partial charge in [0, 0.05) is 19.5 Å². The number of rotatable bonds is 12. The lowest BCUT2D eigenvalue weighted by atomic mass is 10.1. The Hall–Kier alpha value is -2.44. The fourth-order valence-electron chi connectivity index (χ4n) is 4.31. The monoisotopic (exact) mass is 530 g/mol. The van der Waals surface area contributed by atoms with Crippen molar-refractivity contribution in [2.75, 3.05) is 0 Å². The standard InChI is InChI=1S/C30H30F4S2/c31-25-12-8-9-21(19-27(25)33)29-17-14-23(35-29)10-6-4-2-1-3-5-7-11-24-15-18-30(36-24)22-13-16-26(32)28(34)20-22/h8,12-20H,1-7,9-11H2. The van der Waals surface area contributed by atoms with Gasteiger partial charge in [-0.15, -0.1) is 22.7 Å². The SMILES string of the molecule is FC1=C(F)C=C(c2ccc(CCCCCCCCCc3ccc(-c4ccc(F)c(F)c4)s3)s2)CC=C1. The van der Waals surface area contributed by atoms with E-state index >= 15 is 0 Å². The average Bonchev–Trinajstić information content (AvgIpc) is 3.50. The number of aryl methyl sites for hydroxylation is 2. The minimum atomic E-state index is -0.814. The molecule has 2 heterocycles. The minimum Gasteiger partial charge on any atom is -0.204 e. The van der Waals surface area contributed by atoms with Gasteiger partial charge >= 0.3 is 0 Å². The van der Waals surface area contributed by atoms with Crippen molar-refractivity contribution in [3.8, 4) is 10.4 Å². The van der Waals surface area contributed by atoms with Gasteiger partial charge < -0.3 is 0 Å². The van der Waals surface area contributed by atoms with Crippen LogP contribution < -0.4 is 0 Å². The summed E-state index contributed by atoms with van der Waals surface area (Å²) < 4.78 is 53.7. The summed E-state index contributed by atoms with van der Waals surface area (Å²) in [6, 6.07) is 12.3. The van der Waals surface area contributed by atoms with E-state index in [1.165, 1.54) is 66.1 Å². The van der Waals surface area contributed by atoms with Crippen LogP contribution in [0.25, 0.3) is 16.0 Å². The van der Waals surface area contributed by atoms with Gasteiger partial charge in [0.05, 0.1) is 0 Å². The summed E-state index contributed by atoms with van der Waals surface area (Å²) in [5.41, 5.74) is 1.56. The normalized spacial score (nSPS) is 13.8. The molecule has 6 heteroatoms. The van der Waals surface area contributed by atoms with Crippen LogP contribution in [0, 0.1) is 11.6 Å². The van der Waals surface area contributed by atoms with E-state index in [1.54, 1.807) is 34.8 Å². The Morgan fingerprint density at radius 2 is 1.22 bits per heavy atom. The Bertz CT molecular complexity index is 1250. The smallest absolute Gasteiger partial charge is 0.159 e. The third-order valence-electron chi connectivity index (χ3n) is 6.32. The van der Waals surface area contributed by atoms with Crippen molar-refractivity contribution >= 4 is 28.2 Å². The molecule has 0 radical (unpaired) electrons. The maximum absolute atomic E-state index is 13.7. The zero-order valence-corrected chi connectivity index (χ0v) is 21.8. The molecule has 4 rings (SSSR count). The molecule has 0 fully saturated rings. The number of hydrogen-bond donors (Lipinski definition) is 0. The summed E-state index contributed by atoms with van der Waals surface area (Å²) in [6.45, 7) is 0. The number of unbranched alkanes of at least 4 members (excludes halogenated alkanes) is 6. The molecule has 2 aromatic heterocycles. The number of allylic oxidation sites excluding steroid dienone is 6. The van der Waals surface area contributed by atoms with Crippen molar-refractivity contribution in [1.29, 1.82) is 0 Å². The third kappa shape index (κ3) is 7.53. The van der Waals surface area contributed by atoms with E-state index in [0.29, 0.717) is 6.42 Å². The molecule has 36 heavy (non-hydrogen) atoms. The quantitative estimate of drug-likeness (QED) is 0.161. The largest absolute Gasteiger partial charge is 0.204 e. The average molecular weight is 531 g/mol. The van der Waals surface area contributed by atoms with Crippen LogP contribution in [0.4, 0.5) is 17.6 Å². The van der Waals surface area contributed by atoms with Crippen LogP contribution in [0.15, 0.2) is 72.3 Å². The molecule has 3 aromatic rings. The molecule has 1 aliphatic carbocycles. The topological polar surface area (TPSA) is 0 Å². The maximum atomic E-state index is 13.7. The zero-order valence-electron chi connectivity index (χ0n) is 20.2. The van der Waals surface area contributed by atoms with Crippen molar-refractivity contribution < 1.29 is 17.6 Å². The summed E-state index contributed by atoms with van der Waals surface area (Å²) in [5, 5.41) is 0. The summed E-state index contributed by atoms with van der Waals surface area (Å²) in [6.07, 6.45) is 15.1. The van der Waals surface area contributed by atoms with Gasteiger partial charge in [0.2, 0.25) is 0 Å². The molecular formula is C30H30F4S2. The number of halogens is 4. The molecule has 0 N–H and O–H groups in total. The minimum absolute atomic E-state index is 0.544. The highest BCUT2D eigenvalue weighted by atomic mass is 32.1. The highest BCUT2D eigenvalue weighted by molar-refractivity contribution is 7.15. The molecule has 0 atom stereocenters. The first-order valence-corrected chi connectivity index (χ1v) is 14.2. The fraction of sp³-hybridized carbons (Fsp3) is 0.333. The summed E-state index contributed by atoms with van der Waals surface area (Å²) in [4.78, 5) is 4.57. The Balaban J connectivity index is 1.08. The maximum Gasteiger partial charge on any atom is 0.159 e. The van der Waals surface area contributed by atoms with Crippen LogP contribution in [-0.4, -0.2) is 0 Å². The van der Waals surface area contributed by atoms with Crippen molar-refractivity contribution in [3.05, 3.63) is 98.6 Å². The summed E-state index contributed by atoms with van der Waals surface area (Å²) in [5.74, 6) is -3.22. The molecule has 1 aromatic carbocycles. The molecule has 0 spiro atoms. The zero-order chi connectivity index (χ0) is 25.3. The van der Waals surface area contributed by atoms with Gasteiger partial charge in [0.15, 0.2) is 23.3 Å².